The molecule has 2 atom stereocenters. The summed E-state index contributed by atoms with van der Waals surface area (Å²) in [6.07, 6.45) is 4.14. The number of hydrogen-bond acceptors (Lipinski definition) is 6. The fourth-order valence-corrected chi connectivity index (χ4v) is 5.35. The van der Waals surface area contributed by atoms with Gasteiger partial charge >= 0.3 is 0 Å². The summed E-state index contributed by atoms with van der Waals surface area (Å²) in [5.74, 6) is -0.741. The molecular weight excluding hydrogens is 342 g/mol. The molecule has 2 unspecified atom stereocenters. The van der Waals surface area contributed by atoms with Crippen LogP contribution in [0.15, 0.2) is 22.0 Å². The van der Waals surface area contributed by atoms with Crippen molar-refractivity contribution in [3.8, 4) is 0 Å². The molecule has 0 spiro atoms. The standard InChI is InChI=1S/C18H17NO3S2/c1-8-11(5-6-12-14(8)19-18(23-2)24-12)17(22)13-15(20)9-3-4-10(7-9)16(13)21/h5-6,9-10,22H,3-4,7H2,1-2H3. The number of rotatable bonds is 2. The highest BCUT2D eigenvalue weighted by Crippen LogP contribution is 2.42. The number of aliphatic hydroxyl groups is 1. The van der Waals surface area contributed by atoms with Gasteiger partial charge in [-0.2, -0.15) is 0 Å². The molecule has 4 nitrogen and oxygen atoms in total. The third kappa shape index (κ3) is 2.24. The molecule has 0 saturated heterocycles. The van der Waals surface area contributed by atoms with Crippen LogP contribution in [0, 0.1) is 18.8 Å². The number of carbonyl (C=O) groups excluding carboxylic acids is 2. The highest BCUT2D eigenvalue weighted by Gasteiger charge is 2.45. The van der Waals surface area contributed by atoms with E-state index in [1.54, 1.807) is 29.2 Å². The maximum atomic E-state index is 12.6. The minimum Gasteiger partial charge on any atom is -0.506 e. The Balaban J connectivity index is 1.88. The van der Waals surface area contributed by atoms with Crippen LogP contribution in [0.1, 0.15) is 30.4 Å². The minimum absolute atomic E-state index is 0.0107. The minimum atomic E-state index is -0.186. The number of fused-ring (bicyclic) bond motifs is 3. The fraction of sp³-hybridized carbons (Fsp3) is 0.389. The van der Waals surface area contributed by atoms with Gasteiger partial charge in [0.25, 0.3) is 0 Å². The molecule has 2 aromatic rings. The van der Waals surface area contributed by atoms with E-state index in [-0.39, 0.29) is 34.7 Å². The summed E-state index contributed by atoms with van der Waals surface area (Å²) in [6.45, 7) is 1.88. The third-order valence-corrected chi connectivity index (χ3v) is 7.13. The third-order valence-electron chi connectivity index (χ3n) is 5.13. The van der Waals surface area contributed by atoms with E-state index < -0.39 is 0 Å². The molecule has 1 aromatic carbocycles. The molecule has 0 radical (unpaired) electrons. The van der Waals surface area contributed by atoms with Crippen molar-refractivity contribution in [1.29, 1.82) is 0 Å². The number of allylic oxidation sites excluding steroid dienone is 1. The van der Waals surface area contributed by atoms with Gasteiger partial charge in [-0.25, -0.2) is 4.98 Å². The number of aliphatic hydroxyl groups excluding tert-OH is 1. The molecule has 2 aliphatic carbocycles. The Hall–Kier alpha value is -1.66. The van der Waals surface area contributed by atoms with Crippen molar-refractivity contribution in [1.82, 2.24) is 4.98 Å². The summed E-state index contributed by atoms with van der Waals surface area (Å²) < 4.78 is 2.00. The quantitative estimate of drug-likeness (QED) is 0.377. The fourth-order valence-electron chi connectivity index (χ4n) is 3.80. The van der Waals surface area contributed by atoms with Crippen LogP contribution >= 0.6 is 23.1 Å². The van der Waals surface area contributed by atoms with Gasteiger partial charge in [0.15, 0.2) is 15.9 Å². The number of thiazole rings is 1. The van der Waals surface area contributed by atoms with Gasteiger partial charge in [0.2, 0.25) is 0 Å². The van der Waals surface area contributed by atoms with Crippen LogP contribution in [0.25, 0.3) is 16.0 Å². The molecule has 1 N–H and O–H groups in total. The topological polar surface area (TPSA) is 67.3 Å². The first-order valence-electron chi connectivity index (χ1n) is 7.97. The summed E-state index contributed by atoms with van der Waals surface area (Å²) >= 11 is 3.18. The second kappa shape index (κ2) is 5.70. The van der Waals surface area contributed by atoms with Crippen molar-refractivity contribution in [2.24, 2.45) is 11.8 Å². The van der Waals surface area contributed by atoms with Crippen LogP contribution < -0.4 is 0 Å². The van der Waals surface area contributed by atoms with Crippen molar-refractivity contribution in [3.05, 3.63) is 28.8 Å². The van der Waals surface area contributed by atoms with E-state index >= 15 is 0 Å². The average Bonchev–Trinajstić information content (AvgIpc) is 3.19. The number of ketones is 2. The van der Waals surface area contributed by atoms with E-state index in [0.29, 0.717) is 12.0 Å². The lowest BCUT2D eigenvalue weighted by molar-refractivity contribution is -0.127. The van der Waals surface area contributed by atoms with Crippen LogP contribution in [0.4, 0.5) is 0 Å². The zero-order valence-corrected chi connectivity index (χ0v) is 15.1. The lowest BCUT2D eigenvalue weighted by Crippen LogP contribution is -2.30. The molecule has 1 heterocycles. The SMILES string of the molecule is CSc1nc2c(C)c(C(O)=C3C(=O)C4CCC(C4)C3=O)ccc2s1. The zero-order valence-electron chi connectivity index (χ0n) is 13.5. The summed E-state index contributed by atoms with van der Waals surface area (Å²) in [5.41, 5.74) is 2.19. The Kier molecular flexibility index (Phi) is 3.77. The molecule has 0 aliphatic heterocycles. The smallest absolute Gasteiger partial charge is 0.173 e. The summed E-state index contributed by atoms with van der Waals surface area (Å²) in [5, 5.41) is 10.8. The Labute approximate surface area is 148 Å². The largest absolute Gasteiger partial charge is 0.506 e. The lowest BCUT2D eigenvalue weighted by atomic mass is 9.81. The van der Waals surface area contributed by atoms with Gasteiger partial charge in [-0.3, -0.25) is 9.59 Å². The highest BCUT2D eigenvalue weighted by molar-refractivity contribution is 8.00. The molecule has 2 fully saturated rings. The summed E-state index contributed by atoms with van der Waals surface area (Å²) in [4.78, 5) is 29.7. The predicted octanol–water partition coefficient (Wildman–Crippen LogP) is 4.16. The number of aryl methyl sites for hydroxylation is 1. The Morgan fingerprint density at radius 1 is 1.25 bits per heavy atom. The number of carbonyl (C=O) groups is 2. The number of nitrogens with zero attached hydrogens (tertiary/aromatic N) is 1. The normalized spacial score (nSPS) is 23.3. The monoisotopic (exact) mass is 359 g/mol. The van der Waals surface area contributed by atoms with E-state index in [0.717, 1.165) is 33.0 Å². The van der Waals surface area contributed by atoms with E-state index in [1.165, 1.54) is 0 Å². The van der Waals surface area contributed by atoms with Gasteiger partial charge in [-0.05, 0) is 50.1 Å². The highest BCUT2D eigenvalue weighted by atomic mass is 32.2. The first kappa shape index (κ1) is 15.8. The van der Waals surface area contributed by atoms with E-state index in [2.05, 4.69) is 4.98 Å². The Bertz CT molecular complexity index is 888. The van der Waals surface area contributed by atoms with Crippen LogP contribution in [0.3, 0.4) is 0 Å². The number of Topliss-reactive ketones (excluding diaryl/α,β-unsaturated/α-hetero) is 2. The first-order chi connectivity index (χ1) is 11.5. The summed E-state index contributed by atoms with van der Waals surface area (Å²) in [6, 6.07) is 3.69. The summed E-state index contributed by atoms with van der Waals surface area (Å²) in [7, 11) is 0. The molecule has 2 aliphatic rings. The predicted molar refractivity (Wildman–Crippen MR) is 96.5 cm³/mol. The maximum absolute atomic E-state index is 12.6. The van der Waals surface area contributed by atoms with Crippen LogP contribution in [0.2, 0.25) is 0 Å². The van der Waals surface area contributed by atoms with Crippen molar-refractivity contribution >= 4 is 50.6 Å². The second-order valence-corrected chi connectivity index (χ2v) is 8.51. The first-order valence-corrected chi connectivity index (χ1v) is 10.0. The zero-order chi connectivity index (χ0) is 17.0. The van der Waals surface area contributed by atoms with E-state index in [1.807, 2.05) is 19.2 Å². The van der Waals surface area contributed by atoms with Crippen molar-refractivity contribution < 1.29 is 14.7 Å². The molecule has 24 heavy (non-hydrogen) atoms. The number of hydrogen-bond donors (Lipinski definition) is 1. The number of thioether (sulfide) groups is 1. The Morgan fingerprint density at radius 2 is 1.92 bits per heavy atom. The molecule has 2 saturated carbocycles. The molecule has 124 valence electrons. The van der Waals surface area contributed by atoms with Crippen LogP contribution in [-0.2, 0) is 9.59 Å². The molecule has 0 amide bonds. The van der Waals surface area contributed by atoms with Crippen LogP contribution in [0.5, 0.6) is 0 Å². The van der Waals surface area contributed by atoms with E-state index in [9.17, 15) is 14.7 Å². The van der Waals surface area contributed by atoms with Gasteiger partial charge in [-0.1, -0.05) is 11.8 Å². The molecular formula is C18H17NO3S2. The second-order valence-electron chi connectivity index (χ2n) is 6.43. The van der Waals surface area contributed by atoms with Crippen LogP contribution in [-0.4, -0.2) is 27.9 Å². The molecule has 2 bridgehead atoms. The van der Waals surface area contributed by atoms with Gasteiger partial charge in [0.05, 0.1) is 10.2 Å². The van der Waals surface area contributed by atoms with Gasteiger partial charge in [0, 0.05) is 17.4 Å². The Morgan fingerprint density at radius 3 is 2.54 bits per heavy atom. The van der Waals surface area contributed by atoms with Gasteiger partial charge in [-0.15, -0.1) is 11.3 Å². The van der Waals surface area contributed by atoms with E-state index in [4.69, 9.17) is 0 Å². The molecule has 6 heteroatoms. The van der Waals surface area contributed by atoms with Crippen molar-refractivity contribution in [2.75, 3.05) is 6.26 Å². The molecule has 4 rings (SSSR count). The average molecular weight is 359 g/mol. The maximum Gasteiger partial charge on any atom is 0.173 e. The van der Waals surface area contributed by atoms with Gasteiger partial charge < -0.3 is 5.11 Å². The molecule has 1 aromatic heterocycles. The van der Waals surface area contributed by atoms with Crippen molar-refractivity contribution in [3.63, 3.8) is 0 Å². The number of benzene rings is 1. The number of aromatic nitrogens is 1. The van der Waals surface area contributed by atoms with Crippen molar-refractivity contribution in [2.45, 2.75) is 30.5 Å². The van der Waals surface area contributed by atoms with Gasteiger partial charge in [0.1, 0.15) is 11.3 Å². The lowest BCUT2D eigenvalue weighted by Gasteiger charge is -2.20.